The number of aryl methyl sites for hydroxylation is 1. The lowest BCUT2D eigenvalue weighted by Gasteiger charge is -2.34. The number of halogens is 1. The molecule has 0 saturated heterocycles. The van der Waals surface area contributed by atoms with Gasteiger partial charge in [0.15, 0.2) is 0 Å². The highest BCUT2D eigenvalue weighted by Gasteiger charge is 2.51. The summed E-state index contributed by atoms with van der Waals surface area (Å²) in [4.78, 5) is 12.4. The molecule has 1 aromatic rings. The number of nitrogens with one attached hydrogen (secondary N) is 1. The lowest BCUT2D eigenvalue weighted by atomic mass is 9.84. The maximum absolute atomic E-state index is 12.4. The second-order valence-corrected chi connectivity index (χ2v) is 6.62. The van der Waals surface area contributed by atoms with E-state index in [1.54, 1.807) is 6.20 Å². The number of methoxy groups -OCH3 is 1. The van der Waals surface area contributed by atoms with Gasteiger partial charge in [-0.25, -0.2) is 0 Å². The predicted molar refractivity (Wildman–Crippen MR) is 80.1 cm³/mol. The Bertz CT molecular complexity index is 515. The van der Waals surface area contributed by atoms with Gasteiger partial charge in [0.05, 0.1) is 18.3 Å². The molecular weight excluding hydrogens is 290 g/mol. The molecule has 1 N–H and O–H groups in total. The Morgan fingerprint density at radius 2 is 2.38 bits per heavy atom. The largest absolute Gasteiger partial charge is 0.468 e. The van der Waals surface area contributed by atoms with E-state index in [-0.39, 0.29) is 5.97 Å². The second kappa shape index (κ2) is 5.97. The average molecular weight is 312 g/mol. The summed E-state index contributed by atoms with van der Waals surface area (Å²) in [5.74, 6) is 0.198. The highest BCUT2D eigenvalue weighted by atomic mass is 35.5. The van der Waals surface area contributed by atoms with E-state index in [1.165, 1.54) is 20.0 Å². The van der Waals surface area contributed by atoms with Crippen LogP contribution >= 0.6 is 11.6 Å². The molecule has 6 heteroatoms. The molecule has 2 fully saturated rings. The van der Waals surface area contributed by atoms with E-state index >= 15 is 0 Å². The summed E-state index contributed by atoms with van der Waals surface area (Å²) >= 11 is 5.89. The molecule has 2 aliphatic carbocycles. The molecule has 2 atom stereocenters. The number of rotatable bonds is 6. The monoisotopic (exact) mass is 311 g/mol. The summed E-state index contributed by atoms with van der Waals surface area (Å²) in [6, 6.07) is 0.490. The van der Waals surface area contributed by atoms with Crippen LogP contribution in [-0.4, -0.2) is 34.4 Å². The summed E-state index contributed by atoms with van der Waals surface area (Å²) in [6.45, 7) is 0.780. The lowest BCUT2D eigenvalue weighted by molar-refractivity contribution is -0.150. The Morgan fingerprint density at radius 1 is 1.57 bits per heavy atom. The first-order chi connectivity index (χ1) is 10.1. The van der Waals surface area contributed by atoms with Crippen LogP contribution in [0.1, 0.15) is 38.5 Å². The molecule has 0 amide bonds. The van der Waals surface area contributed by atoms with Crippen molar-refractivity contribution in [2.45, 2.75) is 56.7 Å². The van der Waals surface area contributed by atoms with E-state index in [9.17, 15) is 4.79 Å². The first kappa shape index (κ1) is 14.9. The molecule has 0 aromatic carbocycles. The molecule has 3 rings (SSSR count). The van der Waals surface area contributed by atoms with Gasteiger partial charge in [-0.3, -0.25) is 14.8 Å². The van der Waals surface area contributed by atoms with Crippen molar-refractivity contribution in [1.29, 1.82) is 0 Å². The van der Waals surface area contributed by atoms with Crippen LogP contribution in [0.2, 0.25) is 5.02 Å². The number of aromatic nitrogens is 2. The first-order valence-electron chi connectivity index (χ1n) is 7.68. The Hall–Kier alpha value is -1.07. The van der Waals surface area contributed by atoms with E-state index < -0.39 is 5.54 Å². The zero-order valence-corrected chi connectivity index (χ0v) is 13.1. The lowest BCUT2D eigenvalue weighted by Crippen LogP contribution is -2.56. The predicted octanol–water partition coefficient (Wildman–Crippen LogP) is 2.39. The van der Waals surface area contributed by atoms with Crippen LogP contribution in [0.3, 0.4) is 0 Å². The third kappa shape index (κ3) is 3.09. The van der Waals surface area contributed by atoms with Crippen molar-refractivity contribution in [2.24, 2.45) is 5.92 Å². The molecule has 0 aliphatic heterocycles. The van der Waals surface area contributed by atoms with Crippen LogP contribution in [0.5, 0.6) is 0 Å². The van der Waals surface area contributed by atoms with E-state index in [4.69, 9.17) is 16.3 Å². The maximum atomic E-state index is 12.4. The number of esters is 1. The molecule has 2 saturated carbocycles. The Morgan fingerprint density at radius 3 is 3.00 bits per heavy atom. The number of nitrogens with zero attached hydrogens (tertiary/aromatic N) is 2. The molecule has 0 spiro atoms. The summed E-state index contributed by atoms with van der Waals surface area (Å²) < 4.78 is 6.95. The van der Waals surface area contributed by atoms with Gasteiger partial charge < -0.3 is 4.74 Å². The molecule has 21 heavy (non-hydrogen) atoms. The second-order valence-electron chi connectivity index (χ2n) is 6.18. The fourth-order valence-corrected chi connectivity index (χ4v) is 3.67. The first-order valence-corrected chi connectivity index (χ1v) is 8.06. The average Bonchev–Trinajstić information content (AvgIpc) is 3.04. The summed E-state index contributed by atoms with van der Waals surface area (Å²) in [5, 5.41) is 8.44. The van der Waals surface area contributed by atoms with Crippen LogP contribution in [0, 0.1) is 5.92 Å². The fraction of sp³-hybridized carbons (Fsp3) is 0.733. The van der Waals surface area contributed by atoms with Crippen LogP contribution in [0.15, 0.2) is 12.4 Å². The van der Waals surface area contributed by atoms with Gasteiger partial charge in [-0.1, -0.05) is 18.0 Å². The van der Waals surface area contributed by atoms with Gasteiger partial charge in [0.1, 0.15) is 5.54 Å². The highest BCUT2D eigenvalue weighted by Crippen LogP contribution is 2.41. The molecule has 0 radical (unpaired) electrons. The van der Waals surface area contributed by atoms with Crippen molar-refractivity contribution in [3.05, 3.63) is 17.4 Å². The van der Waals surface area contributed by atoms with Crippen LogP contribution in [0.25, 0.3) is 0 Å². The quantitative estimate of drug-likeness (QED) is 0.820. The number of carbonyl (C=O) groups excluding carboxylic acids is 1. The van der Waals surface area contributed by atoms with Crippen molar-refractivity contribution in [1.82, 2.24) is 15.1 Å². The summed E-state index contributed by atoms with van der Waals surface area (Å²) in [6.07, 6.45) is 9.72. The number of hydrogen-bond acceptors (Lipinski definition) is 4. The minimum absolute atomic E-state index is 0.101. The third-order valence-corrected chi connectivity index (χ3v) is 4.91. The Kier molecular flexibility index (Phi) is 4.22. The van der Waals surface area contributed by atoms with E-state index in [0.717, 1.165) is 32.2 Å². The third-order valence-electron chi connectivity index (χ3n) is 4.72. The van der Waals surface area contributed by atoms with Gasteiger partial charge in [0.2, 0.25) is 0 Å². The smallest absolute Gasteiger partial charge is 0.326 e. The minimum Gasteiger partial charge on any atom is -0.468 e. The van der Waals surface area contributed by atoms with E-state index in [0.29, 0.717) is 17.0 Å². The van der Waals surface area contributed by atoms with E-state index in [1.807, 2.05) is 10.9 Å². The standard InChI is InChI=1S/C15H22ClN3O2/c1-21-14(20)15(18-13-4-5-13)7-2-3-11(15)6-8-19-10-12(16)9-17-19/h9-11,13,18H,2-8H2,1H3. The molecular formula is C15H22ClN3O2. The zero-order valence-electron chi connectivity index (χ0n) is 12.3. The molecule has 0 bridgehead atoms. The number of ether oxygens (including phenoxy) is 1. The van der Waals surface area contributed by atoms with E-state index in [2.05, 4.69) is 10.4 Å². The van der Waals surface area contributed by atoms with Crippen molar-refractivity contribution >= 4 is 17.6 Å². The summed E-state index contributed by atoms with van der Waals surface area (Å²) in [5.41, 5.74) is -0.493. The SMILES string of the molecule is COC(=O)C1(NC2CC2)CCCC1CCn1cc(Cl)cn1. The number of hydrogen-bond donors (Lipinski definition) is 1. The van der Waals surface area contributed by atoms with Crippen molar-refractivity contribution in [3.63, 3.8) is 0 Å². The Balaban J connectivity index is 1.70. The fourth-order valence-electron chi connectivity index (χ4n) is 3.51. The van der Waals surface area contributed by atoms with Gasteiger partial charge >= 0.3 is 5.97 Å². The molecule has 2 aliphatic rings. The van der Waals surface area contributed by atoms with Gasteiger partial charge in [-0.05, 0) is 38.0 Å². The van der Waals surface area contributed by atoms with Crippen molar-refractivity contribution < 1.29 is 9.53 Å². The summed E-state index contributed by atoms with van der Waals surface area (Å²) in [7, 11) is 1.49. The molecule has 2 unspecified atom stereocenters. The highest BCUT2D eigenvalue weighted by molar-refractivity contribution is 6.30. The van der Waals surface area contributed by atoms with Gasteiger partial charge in [-0.2, -0.15) is 5.10 Å². The Labute approximate surface area is 130 Å². The topological polar surface area (TPSA) is 56.1 Å². The minimum atomic E-state index is -0.493. The zero-order chi connectivity index (χ0) is 14.9. The van der Waals surface area contributed by atoms with Crippen LogP contribution < -0.4 is 5.32 Å². The van der Waals surface area contributed by atoms with Gasteiger partial charge in [0, 0.05) is 18.8 Å². The van der Waals surface area contributed by atoms with Crippen molar-refractivity contribution in [3.8, 4) is 0 Å². The molecule has 5 nitrogen and oxygen atoms in total. The van der Waals surface area contributed by atoms with Crippen LogP contribution in [-0.2, 0) is 16.1 Å². The van der Waals surface area contributed by atoms with Crippen LogP contribution in [0.4, 0.5) is 0 Å². The number of carbonyl (C=O) groups is 1. The molecule has 1 heterocycles. The normalized spacial score (nSPS) is 28.8. The van der Waals surface area contributed by atoms with Crippen molar-refractivity contribution in [2.75, 3.05) is 7.11 Å². The van der Waals surface area contributed by atoms with Gasteiger partial charge in [-0.15, -0.1) is 0 Å². The maximum Gasteiger partial charge on any atom is 0.326 e. The molecule has 116 valence electrons. The van der Waals surface area contributed by atoms with Gasteiger partial charge in [0.25, 0.3) is 0 Å². The molecule has 1 aromatic heterocycles.